The van der Waals surface area contributed by atoms with Crippen molar-refractivity contribution in [1.82, 2.24) is 0 Å². The zero-order chi connectivity index (χ0) is 11.8. The molecule has 17 heavy (non-hydrogen) atoms. The number of carboxylic acids is 1. The van der Waals surface area contributed by atoms with Gasteiger partial charge in [-0.1, -0.05) is 36.4 Å². The van der Waals surface area contributed by atoms with Crippen LogP contribution >= 0.6 is 0 Å². The van der Waals surface area contributed by atoms with Crippen molar-refractivity contribution in [3.63, 3.8) is 0 Å². The van der Waals surface area contributed by atoms with Crippen molar-refractivity contribution in [2.45, 2.75) is 0 Å². The van der Waals surface area contributed by atoms with Gasteiger partial charge in [0.2, 0.25) is 0 Å². The van der Waals surface area contributed by atoms with E-state index in [1.165, 1.54) is 0 Å². The standard InChI is InChI=1S/C14H10O3/c15-13(16)8-17-12-7-6-10-5-4-9-2-1-3-11(12)14(9)10/h1-7H,8H2,(H,15,16). The van der Waals surface area contributed by atoms with Crippen molar-refractivity contribution in [1.29, 1.82) is 0 Å². The van der Waals surface area contributed by atoms with E-state index in [-0.39, 0.29) is 6.61 Å². The second-order valence-corrected chi connectivity index (χ2v) is 3.94. The summed E-state index contributed by atoms with van der Waals surface area (Å²) in [5, 5.41) is 10.7. The van der Waals surface area contributed by atoms with Gasteiger partial charge in [-0.3, -0.25) is 0 Å². The molecule has 3 rings (SSSR count). The van der Waals surface area contributed by atoms with Gasteiger partial charge in [-0.2, -0.15) is 0 Å². The first kappa shape index (κ1) is 9.90. The van der Waals surface area contributed by atoms with Gasteiger partial charge in [0.05, 0.1) is 0 Å². The highest BCUT2D eigenvalue weighted by Crippen LogP contribution is 2.36. The van der Waals surface area contributed by atoms with E-state index in [9.17, 15) is 4.79 Å². The van der Waals surface area contributed by atoms with E-state index in [1.54, 1.807) is 0 Å². The van der Waals surface area contributed by atoms with E-state index in [2.05, 4.69) is 12.2 Å². The molecule has 0 saturated heterocycles. The topological polar surface area (TPSA) is 46.5 Å². The summed E-state index contributed by atoms with van der Waals surface area (Å²) >= 11 is 0. The number of carbonyl (C=O) groups is 1. The van der Waals surface area contributed by atoms with Crippen LogP contribution in [-0.2, 0) is 4.79 Å². The number of benzene rings is 2. The molecule has 2 aromatic carbocycles. The summed E-state index contributed by atoms with van der Waals surface area (Å²) in [5.41, 5.74) is 2.30. The Morgan fingerprint density at radius 3 is 2.65 bits per heavy atom. The summed E-state index contributed by atoms with van der Waals surface area (Å²) in [6, 6.07) is 9.71. The lowest BCUT2D eigenvalue weighted by Crippen LogP contribution is -2.09. The second-order valence-electron chi connectivity index (χ2n) is 3.94. The van der Waals surface area contributed by atoms with Crippen LogP contribution in [-0.4, -0.2) is 17.7 Å². The van der Waals surface area contributed by atoms with Crippen molar-refractivity contribution < 1.29 is 14.6 Å². The van der Waals surface area contributed by atoms with Gasteiger partial charge in [0.25, 0.3) is 0 Å². The maximum atomic E-state index is 10.5. The molecule has 3 heteroatoms. The summed E-state index contributed by atoms with van der Waals surface area (Å²) < 4.78 is 5.29. The first-order chi connectivity index (χ1) is 8.25. The van der Waals surface area contributed by atoms with E-state index in [0.717, 1.165) is 21.9 Å². The van der Waals surface area contributed by atoms with Crippen molar-refractivity contribution in [3.8, 4) is 5.75 Å². The molecule has 1 aliphatic carbocycles. The number of rotatable bonds is 3. The predicted molar refractivity (Wildman–Crippen MR) is 66.0 cm³/mol. The normalized spacial score (nSPS) is 12.0. The molecule has 0 atom stereocenters. The lowest BCUT2D eigenvalue weighted by molar-refractivity contribution is -0.139. The third-order valence-electron chi connectivity index (χ3n) is 2.86. The third kappa shape index (κ3) is 1.56. The molecule has 1 aliphatic rings. The Morgan fingerprint density at radius 1 is 1.12 bits per heavy atom. The van der Waals surface area contributed by atoms with Gasteiger partial charge < -0.3 is 9.84 Å². The molecule has 0 aliphatic heterocycles. The highest BCUT2D eigenvalue weighted by atomic mass is 16.5. The Kier molecular flexibility index (Phi) is 2.11. The van der Waals surface area contributed by atoms with Crippen LogP contribution in [0.2, 0.25) is 0 Å². The number of hydrogen-bond donors (Lipinski definition) is 1. The molecule has 0 spiro atoms. The molecule has 0 amide bonds. The largest absolute Gasteiger partial charge is 0.481 e. The van der Waals surface area contributed by atoms with Gasteiger partial charge in [0.15, 0.2) is 6.61 Å². The molecule has 0 fully saturated rings. The number of hydrogen-bond acceptors (Lipinski definition) is 2. The summed E-state index contributed by atoms with van der Waals surface area (Å²) in [6.45, 7) is -0.313. The smallest absolute Gasteiger partial charge is 0.341 e. The van der Waals surface area contributed by atoms with Gasteiger partial charge in [-0.05, 0) is 22.6 Å². The van der Waals surface area contributed by atoms with E-state index >= 15 is 0 Å². The summed E-state index contributed by atoms with van der Waals surface area (Å²) in [6.07, 6.45) is 4.11. The van der Waals surface area contributed by atoms with Crippen LogP contribution in [0.15, 0.2) is 30.3 Å². The molecule has 0 unspecified atom stereocenters. The maximum Gasteiger partial charge on any atom is 0.341 e. The number of aliphatic carboxylic acids is 1. The summed E-state index contributed by atoms with van der Waals surface area (Å²) in [7, 11) is 0. The molecular weight excluding hydrogens is 216 g/mol. The average Bonchev–Trinajstić information content (AvgIpc) is 2.74. The fourth-order valence-corrected chi connectivity index (χ4v) is 2.16. The lowest BCUT2D eigenvalue weighted by atomic mass is 10.0. The Labute approximate surface area is 97.9 Å². The second kappa shape index (κ2) is 3.63. The molecule has 0 saturated carbocycles. The third-order valence-corrected chi connectivity index (χ3v) is 2.86. The van der Waals surface area contributed by atoms with Gasteiger partial charge >= 0.3 is 5.97 Å². The molecule has 0 radical (unpaired) electrons. The highest BCUT2D eigenvalue weighted by Gasteiger charge is 2.12. The minimum absolute atomic E-state index is 0.313. The lowest BCUT2D eigenvalue weighted by Gasteiger charge is -2.09. The van der Waals surface area contributed by atoms with E-state index < -0.39 is 5.97 Å². The SMILES string of the molecule is O=C(O)COc1ccc2c3c(cccc13)C=C2. The van der Waals surface area contributed by atoms with Crippen LogP contribution in [0, 0.1) is 0 Å². The monoisotopic (exact) mass is 226 g/mol. The minimum Gasteiger partial charge on any atom is -0.481 e. The average molecular weight is 226 g/mol. The Bertz CT molecular complexity index is 629. The van der Waals surface area contributed by atoms with Gasteiger partial charge in [0.1, 0.15) is 5.75 Å². The van der Waals surface area contributed by atoms with Crippen molar-refractivity contribution in [3.05, 3.63) is 41.5 Å². The molecule has 84 valence electrons. The van der Waals surface area contributed by atoms with E-state index in [4.69, 9.17) is 9.84 Å². The van der Waals surface area contributed by atoms with Crippen LogP contribution in [0.3, 0.4) is 0 Å². The van der Waals surface area contributed by atoms with Crippen LogP contribution in [0.1, 0.15) is 11.1 Å². The van der Waals surface area contributed by atoms with Crippen molar-refractivity contribution in [2.75, 3.05) is 6.61 Å². The first-order valence-corrected chi connectivity index (χ1v) is 5.34. The quantitative estimate of drug-likeness (QED) is 0.747. The van der Waals surface area contributed by atoms with Crippen LogP contribution in [0.25, 0.3) is 22.9 Å². The Balaban J connectivity index is 2.13. The minimum atomic E-state index is -0.966. The van der Waals surface area contributed by atoms with Gasteiger partial charge in [-0.25, -0.2) is 4.79 Å². The zero-order valence-electron chi connectivity index (χ0n) is 9.01. The maximum absolute atomic E-state index is 10.5. The number of ether oxygens (including phenoxy) is 1. The van der Waals surface area contributed by atoms with Crippen LogP contribution in [0.5, 0.6) is 5.75 Å². The van der Waals surface area contributed by atoms with E-state index in [0.29, 0.717) is 5.75 Å². The van der Waals surface area contributed by atoms with Gasteiger partial charge in [0, 0.05) is 5.39 Å². The van der Waals surface area contributed by atoms with Crippen LogP contribution in [0.4, 0.5) is 0 Å². The van der Waals surface area contributed by atoms with Crippen molar-refractivity contribution >= 4 is 28.9 Å². The van der Waals surface area contributed by atoms with Gasteiger partial charge in [-0.15, -0.1) is 0 Å². The molecule has 0 heterocycles. The Hall–Kier alpha value is -2.29. The molecule has 1 N–H and O–H groups in total. The Morgan fingerprint density at radius 2 is 1.88 bits per heavy atom. The predicted octanol–water partition coefficient (Wildman–Crippen LogP) is 2.79. The summed E-state index contributed by atoms with van der Waals surface area (Å²) in [5.74, 6) is -0.344. The molecular formula is C14H10O3. The molecule has 0 bridgehead atoms. The van der Waals surface area contributed by atoms with Crippen molar-refractivity contribution in [2.24, 2.45) is 0 Å². The van der Waals surface area contributed by atoms with Crippen LogP contribution < -0.4 is 4.74 Å². The van der Waals surface area contributed by atoms with E-state index in [1.807, 2.05) is 30.3 Å². The summed E-state index contributed by atoms with van der Waals surface area (Å²) in [4.78, 5) is 10.5. The first-order valence-electron chi connectivity index (χ1n) is 5.34. The zero-order valence-corrected chi connectivity index (χ0v) is 9.01. The molecule has 3 nitrogen and oxygen atoms in total. The fourth-order valence-electron chi connectivity index (χ4n) is 2.16. The number of carboxylic acid groups (broad SMARTS) is 1. The fraction of sp³-hybridized carbons (Fsp3) is 0.0714. The highest BCUT2D eigenvalue weighted by molar-refractivity contribution is 6.07. The molecule has 2 aromatic rings. The molecule has 0 aromatic heterocycles.